The average molecular weight is 749 g/mol. The summed E-state index contributed by atoms with van der Waals surface area (Å²) in [6, 6.07) is -0.554. The first-order valence-electron chi connectivity index (χ1n) is 19.2. The highest BCUT2D eigenvalue weighted by Gasteiger charge is 2.52. The molecule has 5 N–H and O–H groups in total. The lowest BCUT2D eigenvalue weighted by atomic mass is 9.77. The van der Waals surface area contributed by atoms with Crippen LogP contribution in [0.1, 0.15) is 102 Å². The maximum absolute atomic E-state index is 14.2. The SMILES string of the molecule is CCC1OC(=O)C(C)C(O[C@H]2C[C@@](C)(OC)[C@@H](O)C(C)O2)C(C)[C@@H](OC2OC(C)CN(C(C)C)[C@H]2O)[C@@](C)(O)C[C@@H](C)CN(C)[C@H](C)[C@@H](O)[C@]1(C)O. The van der Waals surface area contributed by atoms with Gasteiger partial charge in [0.2, 0.25) is 0 Å². The molecular weight excluding hydrogens is 676 g/mol. The lowest BCUT2D eigenvalue weighted by Gasteiger charge is -2.49. The maximum Gasteiger partial charge on any atom is 0.311 e. The standard InChI is InChI=1S/C38H72N2O12/c1-15-27-38(12,46)30(41)25(8)39(13)18-21(4)16-36(10,45)32(52-35-33(43)40(20(2)3)19-22(5)48-35)23(6)29(24(7)34(44)50-27)51-28-17-37(11,47-14)31(42)26(9)49-28/h20-33,35,41-43,45-46H,15-19H2,1-14H3/t21-,22?,23?,24?,25-,26?,27?,28+,29?,30-,31+,32-,33+,35?,36+,37-,38-/m1/s1. The molecule has 0 saturated carbocycles. The molecule has 306 valence electrons. The molecule has 3 rings (SSSR count). The van der Waals surface area contributed by atoms with Crippen molar-refractivity contribution in [1.82, 2.24) is 9.80 Å². The van der Waals surface area contributed by atoms with Gasteiger partial charge >= 0.3 is 5.97 Å². The van der Waals surface area contributed by atoms with Gasteiger partial charge in [-0.15, -0.1) is 0 Å². The van der Waals surface area contributed by atoms with Crippen LogP contribution in [0.15, 0.2) is 0 Å². The first-order valence-corrected chi connectivity index (χ1v) is 19.2. The summed E-state index contributed by atoms with van der Waals surface area (Å²) in [5.74, 6) is -2.60. The van der Waals surface area contributed by atoms with Crippen LogP contribution in [-0.2, 0) is 33.2 Å². The molecule has 14 nitrogen and oxygen atoms in total. The largest absolute Gasteiger partial charge is 0.459 e. The molecule has 0 bridgehead atoms. The van der Waals surface area contributed by atoms with Crippen molar-refractivity contribution in [3.8, 4) is 0 Å². The molecule has 0 aliphatic carbocycles. The highest BCUT2D eigenvalue weighted by molar-refractivity contribution is 5.73. The van der Waals surface area contributed by atoms with E-state index < -0.39 is 96.1 Å². The molecule has 14 heteroatoms. The zero-order valence-corrected chi connectivity index (χ0v) is 34.2. The first-order chi connectivity index (χ1) is 23.9. The van der Waals surface area contributed by atoms with E-state index >= 15 is 0 Å². The Bertz CT molecular complexity index is 1140. The molecule has 3 aliphatic heterocycles. The summed E-state index contributed by atoms with van der Waals surface area (Å²) in [6.07, 6.45) is -8.95. The van der Waals surface area contributed by atoms with Crippen molar-refractivity contribution in [2.45, 2.75) is 193 Å². The van der Waals surface area contributed by atoms with Crippen LogP contribution in [0.25, 0.3) is 0 Å². The number of likely N-dealkylation sites (N-methyl/N-ethyl adjacent to an activating group) is 1. The fraction of sp³-hybridized carbons (Fsp3) is 0.974. The van der Waals surface area contributed by atoms with Gasteiger partial charge in [-0.3, -0.25) is 9.69 Å². The quantitative estimate of drug-likeness (QED) is 0.239. The lowest BCUT2D eigenvalue weighted by molar-refractivity contribution is -0.331. The molecular formula is C38H72N2O12. The van der Waals surface area contributed by atoms with Gasteiger partial charge in [-0.1, -0.05) is 20.8 Å². The minimum atomic E-state index is -1.80. The van der Waals surface area contributed by atoms with Crippen LogP contribution in [0.4, 0.5) is 0 Å². The maximum atomic E-state index is 14.2. The van der Waals surface area contributed by atoms with Crippen LogP contribution >= 0.6 is 0 Å². The van der Waals surface area contributed by atoms with Gasteiger partial charge in [0, 0.05) is 44.6 Å². The molecule has 0 aromatic heterocycles. The minimum absolute atomic E-state index is 0.0170. The van der Waals surface area contributed by atoms with Crippen LogP contribution in [0.5, 0.6) is 0 Å². The number of hydrogen-bond donors (Lipinski definition) is 5. The Kier molecular flexibility index (Phi) is 15.6. The Morgan fingerprint density at radius 1 is 0.923 bits per heavy atom. The number of aliphatic hydroxyl groups is 5. The predicted molar refractivity (Wildman–Crippen MR) is 194 cm³/mol. The van der Waals surface area contributed by atoms with Crippen molar-refractivity contribution >= 4 is 5.97 Å². The molecule has 3 aliphatic rings. The third-order valence-corrected chi connectivity index (χ3v) is 12.0. The highest BCUT2D eigenvalue weighted by atomic mass is 16.7. The summed E-state index contributed by atoms with van der Waals surface area (Å²) in [4.78, 5) is 18.0. The summed E-state index contributed by atoms with van der Waals surface area (Å²) >= 11 is 0. The number of aliphatic hydroxyl groups excluding tert-OH is 3. The van der Waals surface area contributed by atoms with E-state index in [4.69, 9.17) is 28.4 Å². The van der Waals surface area contributed by atoms with Gasteiger partial charge in [-0.25, -0.2) is 0 Å². The van der Waals surface area contributed by atoms with Gasteiger partial charge in [-0.05, 0) is 88.1 Å². The second-order valence-corrected chi connectivity index (χ2v) is 17.1. The summed E-state index contributed by atoms with van der Waals surface area (Å²) in [5, 5.41) is 58.1. The van der Waals surface area contributed by atoms with Gasteiger partial charge in [0.05, 0.1) is 41.5 Å². The number of esters is 1. The Balaban J connectivity index is 2.17. The number of morpholine rings is 1. The van der Waals surface area contributed by atoms with E-state index in [-0.39, 0.29) is 37.3 Å². The van der Waals surface area contributed by atoms with E-state index in [2.05, 4.69) is 0 Å². The van der Waals surface area contributed by atoms with Crippen molar-refractivity contribution in [2.24, 2.45) is 17.8 Å². The Labute approximate surface area is 312 Å². The molecule has 0 amide bonds. The normalized spacial score (nSPS) is 48.6. The first kappa shape index (κ1) is 45.4. The van der Waals surface area contributed by atoms with Gasteiger partial charge in [0.15, 0.2) is 18.8 Å². The van der Waals surface area contributed by atoms with Crippen molar-refractivity contribution < 1.29 is 58.7 Å². The number of cyclic esters (lactones) is 1. The molecule has 3 fully saturated rings. The van der Waals surface area contributed by atoms with Crippen molar-refractivity contribution in [1.29, 1.82) is 0 Å². The number of rotatable bonds is 7. The predicted octanol–water partition coefficient (Wildman–Crippen LogP) is 2.25. The Hall–Kier alpha value is -1.01. The topological polar surface area (TPSA) is 180 Å². The second kappa shape index (κ2) is 17.8. The molecule has 0 aromatic carbocycles. The summed E-state index contributed by atoms with van der Waals surface area (Å²) in [6.45, 7) is 22.5. The molecule has 3 saturated heterocycles. The van der Waals surface area contributed by atoms with E-state index in [9.17, 15) is 30.3 Å². The number of methoxy groups -OCH3 is 1. The Morgan fingerprint density at radius 3 is 2.10 bits per heavy atom. The zero-order chi connectivity index (χ0) is 39.7. The van der Waals surface area contributed by atoms with Crippen LogP contribution in [-0.4, -0.2) is 159 Å². The van der Waals surface area contributed by atoms with Gasteiger partial charge < -0.3 is 58.9 Å². The second-order valence-electron chi connectivity index (χ2n) is 17.1. The number of carbonyl (C=O) groups is 1. The van der Waals surface area contributed by atoms with Gasteiger partial charge in [0.1, 0.15) is 23.9 Å². The summed E-state index contributed by atoms with van der Waals surface area (Å²) < 4.78 is 37.5. The lowest BCUT2D eigenvalue weighted by Crippen LogP contribution is -2.61. The average Bonchev–Trinajstić information content (AvgIpc) is 3.05. The third kappa shape index (κ3) is 10.0. The summed E-state index contributed by atoms with van der Waals surface area (Å²) in [5.41, 5.74) is -4.38. The molecule has 7 unspecified atom stereocenters. The van der Waals surface area contributed by atoms with Crippen molar-refractivity contribution in [2.75, 3.05) is 27.2 Å². The molecule has 17 atom stereocenters. The molecule has 0 radical (unpaired) electrons. The highest BCUT2D eigenvalue weighted by Crippen LogP contribution is 2.40. The molecule has 52 heavy (non-hydrogen) atoms. The monoisotopic (exact) mass is 749 g/mol. The van der Waals surface area contributed by atoms with Crippen LogP contribution < -0.4 is 0 Å². The van der Waals surface area contributed by atoms with E-state index in [0.29, 0.717) is 13.1 Å². The smallest absolute Gasteiger partial charge is 0.311 e. The van der Waals surface area contributed by atoms with Gasteiger partial charge in [-0.2, -0.15) is 0 Å². The molecule has 0 aromatic rings. The Morgan fingerprint density at radius 2 is 1.54 bits per heavy atom. The van der Waals surface area contributed by atoms with E-state index in [0.717, 1.165) is 0 Å². The zero-order valence-electron chi connectivity index (χ0n) is 34.2. The molecule has 3 heterocycles. The molecule has 0 spiro atoms. The van der Waals surface area contributed by atoms with E-state index in [1.54, 1.807) is 41.5 Å². The minimum Gasteiger partial charge on any atom is -0.459 e. The fourth-order valence-corrected chi connectivity index (χ4v) is 8.60. The number of hydrogen-bond acceptors (Lipinski definition) is 14. The van der Waals surface area contributed by atoms with E-state index in [1.807, 2.05) is 51.5 Å². The van der Waals surface area contributed by atoms with Crippen molar-refractivity contribution in [3.63, 3.8) is 0 Å². The number of nitrogens with zero attached hydrogens (tertiary/aromatic N) is 2. The van der Waals surface area contributed by atoms with Crippen LogP contribution in [0.3, 0.4) is 0 Å². The third-order valence-electron chi connectivity index (χ3n) is 12.0. The number of ether oxygens (including phenoxy) is 6. The van der Waals surface area contributed by atoms with Crippen LogP contribution in [0.2, 0.25) is 0 Å². The van der Waals surface area contributed by atoms with Crippen molar-refractivity contribution in [3.05, 3.63) is 0 Å². The van der Waals surface area contributed by atoms with Crippen LogP contribution in [0, 0.1) is 17.8 Å². The van der Waals surface area contributed by atoms with Gasteiger partial charge in [0.25, 0.3) is 0 Å². The van der Waals surface area contributed by atoms with E-state index in [1.165, 1.54) is 14.0 Å². The fourth-order valence-electron chi connectivity index (χ4n) is 8.60. The number of carbonyl (C=O) groups excluding carboxylic acids is 1. The summed E-state index contributed by atoms with van der Waals surface area (Å²) in [7, 11) is 3.35.